The van der Waals surface area contributed by atoms with Gasteiger partial charge in [0.1, 0.15) is 0 Å². The maximum Gasteiger partial charge on any atom is 0 e. The zero-order chi connectivity index (χ0) is 4.12. The second-order valence-corrected chi connectivity index (χ2v) is 0.856. The smallest absolute Gasteiger partial charge is 0 e. The fraction of sp³-hybridized carbons (Fsp3) is 1.00. The molecule has 0 rings (SSSR count). The summed E-state index contributed by atoms with van der Waals surface area (Å²) >= 11 is 0. The van der Waals surface area contributed by atoms with Gasteiger partial charge in [-0.3, -0.25) is 0 Å². The van der Waals surface area contributed by atoms with Crippen molar-refractivity contribution in [3.05, 3.63) is 5.32 Å². The second kappa shape index (κ2) is 9.20. The quantitative estimate of drug-likeness (QED) is 0.706. The Kier molecular flexibility index (Phi) is 15.1. The minimum absolute atomic E-state index is 0. The van der Waals surface area contributed by atoms with Crippen LogP contribution in [0, 0.1) is 0 Å². The van der Waals surface area contributed by atoms with E-state index in [1.807, 2.05) is 13.8 Å². The van der Waals surface area contributed by atoms with Gasteiger partial charge in [-0.1, -0.05) is 13.8 Å². The zero-order valence-corrected chi connectivity index (χ0v) is 7.52. The minimum Gasteiger partial charge on any atom is -0.663 e. The van der Waals surface area contributed by atoms with Crippen molar-refractivity contribution in [3.8, 4) is 0 Å². The molecular formula is C4H10NTa-. The SMILES string of the molecule is CC[N-]CC.[Ta]. The molecule has 1 nitrogen and oxygen atoms in total. The van der Waals surface area contributed by atoms with E-state index in [2.05, 4.69) is 5.32 Å². The van der Waals surface area contributed by atoms with Crippen LogP contribution in [-0.4, -0.2) is 13.1 Å². The molecule has 37 valence electrons. The molecule has 0 heterocycles. The first-order valence-corrected chi connectivity index (χ1v) is 2.05. The Balaban J connectivity index is 0. The van der Waals surface area contributed by atoms with Crippen molar-refractivity contribution >= 4 is 0 Å². The van der Waals surface area contributed by atoms with Crippen LogP contribution in [0.15, 0.2) is 0 Å². The van der Waals surface area contributed by atoms with Gasteiger partial charge < -0.3 is 5.32 Å². The Morgan fingerprint density at radius 2 is 1.50 bits per heavy atom. The molecule has 0 spiro atoms. The van der Waals surface area contributed by atoms with Gasteiger partial charge in [-0.25, -0.2) is 0 Å². The molecule has 0 amide bonds. The van der Waals surface area contributed by atoms with Crippen molar-refractivity contribution in [2.45, 2.75) is 13.8 Å². The number of nitrogens with zero attached hydrogens (tertiary/aromatic N) is 1. The minimum atomic E-state index is 0. The molecule has 0 atom stereocenters. The van der Waals surface area contributed by atoms with Crippen molar-refractivity contribution in [1.29, 1.82) is 0 Å². The van der Waals surface area contributed by atoms with Gasteiger partial charge >= 0.3 is 0 Å². The van der Waals surface area contributed by atoms with Crippen LogP contribution in [-0.2, 0) is 22.4 Å². The molecular weight excluding hydrogens is 243 g/mol. The molecule has 1 radical (unpaired) electrons. The average molecular weight is 253 g/mol. The predicted molar refractivity (Wildman–Crippen MR) is 24.4 cm³/mol. The Bertz CT molecular complexity index is 15.0. The first-order chi connectivity index (χ1) is 2.41. The molecule has 0 saturated heterocycles. The van der Waals surface area contributed by atoms with Gasteiger partial charge in [0.2, 0.25) is 0 Å². The number of hydrogen-bond donors (Lipinski definition) is 0. The molecule has 0 aromatic carbocycles. The maximum atomic E-state index is 3.97. The maximum absolute atomic E-state index is 3.97. The van der Waals surface area contributed by atoms with Crippen LogP contribution in [0.1, 0.15) is 13.8 Å². The van der Waals surface area contributed by atoms with Crippen LogP contribution < -0.4 is 0 Å². The summed E-state index contributed by atoms with van der Waals surface area (Å²) in [6.07, 6.45) is 0. The van der Waals surface area contributed by atoms with Crippen LogP contribution in [0.3, 0.4) is 0 Å². The normalized spacial score (nSPS) is 7.00. The Labute approximate surface area is 55.0 Å². The summed E-state index contributed by atoms with van der Waals surface area (Å²) in [5.41, 5.74) is 0. The molecule has 0 fully saturated rings. The zero-order valence-electron chi connectivity index (χ0n) is 4.31. The van der Waals surface area contributed by atoms with Crippen LogP contribution in [0.2, 0.25) is 0 Å². The molecule has 0 saturated carbocycles. The molecule has 0 aliphatic rings. The van der Waals surface area contributed by atoms with E-state index in [0.717, 1.165) is 13.1 Å². The molecule has 6 heavy (non-hydrogen) atoms. The summed E-state index contributed by atoms with van der Waals surface area (Å²) in [7, 11) is 0. The van der Waals surface area contributed by atoms with E-state index in [9.17, 15) is 0 Å². The van der Waals surface area contributed by atoms with E-state index in [1.54, 1.807) is 0 Å². The van der Waals surface area contributed by atoms with Gasteiger partial charge in [0.15, 0.2) is 0 Å². The van der Waals surface area contributed by atoms with Crippen molar-refractivity contribution in [1.82, 2.24) is 0 Å². The monoisotopic (exact) mass is 253 g/mol. The van der Waals surface area contributed by atoms with E-state index in [1.165, 1.54) is 0 Å². The van der Waals surface area contributed by atoms with E-state index in [4.69, 9.17) is 0 Å². The van der Waals surface area contributed by atoms with Crippen LogP contribution in [0.4, 0.5) is 0 Å². The van der Waals surface area contributed by atoms with Gasteiger partial charge in [-0.05, 0) is 0 Å². The van der Waals surface area contributed by atoms with Gasteiger partial charge in [0.25, 0.3) is 0 Å². The largest absolute Gasteiger partial charge is 0.663 e. The Hall–Kier alpha value is 0.700. The van der Waals surface area contributed by atoms with E-state index >= 15 is 0 Å². The van der Waals surface area contributed by atoms with Crippen LogP contribution in [0.5, 0.6) is 0 Å². The number of hydrogen-bond acceptors (Lipinski definition) is 0. The second-order valence-electron chi connectivity index (χ2n) is 0.856. The molecule has 0 aliphatic heterocycles. The molecule has 0 bridgehead atoms. The summed E-state index contributed by atoms with van der Waals surface area (Å²) in [6, 6.07) is 0. The Morgan fingerprint density at radius 1 is 1.17 bits per heavy atom. The topological polar surface area (TPSA) is 14.1 Å². The summed E-state index contributed by atoms with van der Waals surface area (Å²) < 4.78 is 0. The summed E-state index contributed by atoms with van der Waals surface area (Å²) in [5, 5.41) is 3.97. The van der Waals surface area contributed by atoms with Gasteiger partial charge in [-0.15, -0.1) is 0 Å². The van der Waals surface area contributed by atoms with Gasteiger partial charge in [-0.2, -0.15) is 13.1 Å². The summed E-state index contributed by atoms with van der Waals surface area (Å²) in [4.78, 5) is 0. The van der Waals surface area contributed by atoms with E-state index < -0.39 is 0 Å². The van der Waals surface area contributed by atoms with Crippen molar-refractivity contribution in [3.63, 3.8) is 0 Å². The number of rotatable bonds is 2. The molecule has 2 heteroatoms. The summed E-state index contributed by atoms with van der Waals surface area (Å²) in [6.45, 7) is 6.03. The van der Waals surface area contributed by atoms with Crippen molar-refractivity contribution in [2.24, 2.45) is 0 Å². The fourth-order valence-electron chi connectivity index (χ4n) is 0.224. The van der Waals surface area contributed by atoms with E-state index in [0.29, 0.717) is 0 Å². The fourth-order valence-corrected chi connectivity index (χ4v) is 0.224. The van der Waals surface area contributed by atoms with Crippen LogP contribution in [0.25, 0.3) is 5.32 Å². The van der Waals surface area contributed by atoms with Gasteiger partial charge in [0, 0.05) is 22.4 Å². The Morgan fingerprint density at radius 3 is 1.50 bits per heavy atom. The third kappa shape index (κ3) is 8.83. The summed E-state index contributed by atoms with van der Waals surface area (Å²) in [5.74, 6) is 0. The predicted octanol–water partition coefficient (Wildman–Crippen LogP) is 1.40. The average Bonchev–Trinajstić information content (AvgIpc) is 1.41. The standard InChI is InChI=1S/C4H10N.Ta/c1-3-5-4-2;/h3-4H2,1-2H3;/q-1;. The third-order valence-corrected chi connectivity index (χ3v) is 0.447. The third-order valence-electron chi connectivity index (χ3n) is 0.447. The molecule has 0 unspecified atom stereocenters. The van der Waals surface area contributed by atoms with Gasteiger partial charge in [0.05, 0.1) is 0 Å². The van der Waals surface area contributed by atoms with Crippen molar-refractivity contribution in [2.75, 3.05) is 13.1 Å². The first kappa shape index (κ1) is 9.85. The van der Waals surface area contributed by atoms with Crippen molar-refractivity contribution < 1.29 is 22.4 Å². The molecule has 0 aliphatic carbocycles. The molecule has 0 aromatic rings. The van der Waals surface area contributed by atoms with E-state index in [-0.39, 0.29) is 22.4 Å². The van der Waals surface area contributed by atoms with Crippen LogP contribution >= 0.6 is 0 Å². The molecule has 0 N–H and O–H groups in total. The molecule has 0 aromatic heterocycles. The first-order valence-electron chi connectivity index (χ1n) is 2.05.